The van der Waals surface area contributed by atoms with Gasteiger partial charge in [0.15, 0.2) is 5.82 Å². The van der Waals surface area contributed by atoms with Gasteiger partial charge in [-0.25, -0.2) is 9.97 Å². The third-order valence-electron chi connectivity index (χ3n) is 11.2. The summed E-state index contributed by atoms with van der Waals surface area (Å²) in [5.74, 6) is 0.717. The number of para-hydroxylation sites is 2. The van der Waals surface area contributed by atoms with Crippen LogP contribution in [0, 0.1) is 6.92 Å². The molecule has 0 spiro atoms. The van der Waals surface area contributed by atoms with Gasteiger partial charge < -0.3 is 9.13 Å². The molecule has 8 aromatic carbocycles. The zero-order chi connectivity index (χ0) is 37.9. The maximum Gasteiger partial charge on any atom is 0.160 e. The average Bonchev–Trinajstić information content (AvgIpc) is 3.79. The van der Waals surface area contributed by atoms with Crippen LogP contribution < -0.4 is 0 Å². The Labute approximate surface area is 330 Å². The third kappa shape index (κ3) is 5.61. The quantitative estimate of drug-likeness (QED) is 0.171. The van der Waals surface area contributed by atoms with E-state index in [0.717, 1.165) is 56.4 Å². The minimum absolute atomic E-state index is 0.717. The maximum atomic E-state index is 5.03. The summed E-state index contributed by atoms with van der Waals surface area (Å²) < 4.78 is 4.80. The van der Waals surface area contributed by atoms with E-state index in [9.17, 15) is 0 Å². The predicted molar refractivity (Wildman–Crippen MR) is 237 cm³/mol. The first-order valence-electron chi connectivity index (χ1n) is 19.4. The van der Waals surface area contributed by atoms with E-state index >= 15 is 0 Å². The van der Waals surface area contributed by atoms with Crippen LogP contribution in [-0.2, 0) is 0 Å². The summed E-state index contributed by atoms with van der Waals surface area (Å²) in [4.78, 5) is 9.98. The van der Waals surface area contributed by atoms with E-state index in [0.29, 0.717) is 0 Å². The van der Waals surface area contributed by atoms with Gasteiger partial charge in [-0.2, -0.15) is 0 Å². The second kappa shape index (κ2) is 13.3. The van der Waals surface area contributed by atoms with Crippen LogP contribution in [0.4, 0.5) is 0 Å². The van der Waals surface area contributed by atoms with E-state index in [1.165, 1.54) is 49.2 Å². The Hall–Kier alpha value is -7.56. The van der Waals surface area contributed by atoms with E-state index in [-0.39, 0.29) is 0 Å². The van der Waals surface area contributed by atoms with Gasteiger partial charge in [0.25, 0.3) is 0 Å². The largest absolute Gasteiger partial charge is 0.309 e. The number of aryl methyl sites for hydroxylation is 1. The van der Waals surface area contributed by atoms with Crippen molar-refractivity contribution in [3.63, 3.8) is 0 Å². The summed E-state index contributed by atoms with van der Waals surface area (Å²) in [5.41, 5.74) is 15.6. The molecular formula is C53H36N4. The molecule has 0 N–H and O–H groups in total. The van der Waals surface area contributed by atoms with E-state index < -0.39 is 0 Å². The number of fused-ring (bicyclic) bond motifs is 6. The summed E-state index contributed by atoms with van der Waals surface area (Å²) in [7, 11) is 0. The van der Waals surface area contributed by atoms with E-state index in [1.807, 2.05) is 36.4 Å². The molecule has 0 atom stereocenters. The van der Waals surface area contributed by atoms with Crippen LogP contribution in [0.15, 0.2) is 200 Å². The van der Waals surface area contributed by atoms with Gasteiger partial charge in [-0.3, -0.25) is 0 Å². The van der Waals surface area contributed by atoms with Crippen molar-refractivity contribution in [2.75, 3.05) is 0 Å². The maximum absolute atomic E-state index is 5.03. The minimum Gasteiger partial charge on any atom is -0.309 e. The fraction of sp³-hybridized carbons (Fsp3) is 0.0189. The first-order valence-corrected chi connectivity index (χ1v) is 19.4. The molecule has 268 valence electrons. The van der Waals surface area contributed by atoms with Crippen molar-refractivity contribution < 1.29 is 0 Å². The van der Waals surface area contributed by atoms with Crippen LogP contribution >= 0.6 is 0 Å². The molecule has 3 heterocycles. The Kier molecular flexibility index (Phi) is 7.68. The molecular weight excluding hydrogens is 693 g/mol. The molecule has 4 nitrogen and oxygen atoms in total. The van der Waals surface area contributed by atoms with Gasteiger partial charge >= 0.3 is 0 Å². The summed E-state index contributed by atoms with van der Waals surface area (Å²) in [6, 6.07) is 71.4. The van der Waals surface area contributed by atoms with Gasteiger partial charge in [-0.05, 0) is 78.7 Å². The summed E-state index contributed by atoms with van der Waals surface area (Å²) in [6.07, 6.45) is 0. The molecule has 0 bridgehead atoms. The SMILES string of the molecule is Cc1ccc2c(c1)c1ccccc1n2-c1ccc2c(c1)c1ccccc1n2-c1ccc(-c2ccc(-c3cc(-c4ccccc4)nc(-c4ccccc4)n3)cc2)cc1. The monoisotopic (exact) mass is 728 g/mol. The first-order chi connectivity index (χ1) is 28.2. The highest BCUT2D eigenvalue weighted by molar-refractivity contribution is 6.12. The average molecular weight is 729 g/mol. The molecule has 57 heavy (non-hydrogen) atoms. The molecule has 0 fully saturated rings. The number of nitrogens with zero attached hydrogens (tertiary/aromatic N) is 4. The van der Waals surface area contributed by atoms with Crippen molar-refractivity contribution in [2.24, 2.45) is 0 Å². The lowest BCUT2D eigenvalue weighted by molar-refractivity contribution is 1.16. The molecule has 0 saturated carbocycles. The number of hydrogen-bond acceptors (Lipinski definition) is 2. The zero-order valence-electron chi connectivity index (χ0n) is 31.3. The van der Waals surface area contributed by atoms with Crippen LogP contribution in [0.3, 0.4) is 0 Å². The summed E-state index contributed by atoms with van der Waals surface area (Å²) >= 11 is 0. The molecule has 0 radical (unpaired) electrons. The molecule has 0 unspecified atom stereocenters. The number of hydrogen-bond donors (Lipinski definition) is 0. The standard InChI is InChI=1S/C53H36N4/c1-35-20-30-51-45(32-35)43-16-8-11-19-50(43)57(51)42-29-31-52-46(33-42)44-17-9-10-18-49(44)56(52)41-27-25-37(26-28-41)36-21-23-39(24-22-36)48-34-47(38-12-4-2-5-13-38)54-53(55-48)40-14-6-3-7-15-40/h2-34H,1H3. The highest BCUT2D eigenvalue weighted by Gasteiger charge is 2.17. The Morgan fingerprint density at radius 2 is 0.754 bits per heavy atom. The molecule has 0 amide bonds. The van der Waals surface area contributed by atoms with Crippen molar-refractivity contribution in [3.05, 3.63) is 206 Å². The molecule has 11 aromatic rings. The van der Waals surface area contributed by atoms with Crippen LogP contribution in [-0.4, -0.2) is 19.1 Å². The highest BCUT2D eigenvalue weighted by Crippen LogP contribution is 2.38. The van der Waals surface area contributed by atoms with Crippen molar-refractivity contribution >= 4 is 43.6 Å². The summed E-state index contributed by atoms with van der Waals surface area (Å²) in [5, 5.41) is 5.03. The molecule has 0 aliphatic carbocycles. The smallest absolute Gasteiger partial charge is 0.160 e. The first kappa shape index (κ1) is 32.8. The van der Waals surface area contributed by atoms with Crippen molar-refractivity contribution in [3.8, 4) is 56.4 Å². The Morgan fingerprint density at radius 3 is 1.39 bits per heavy atom. The highest BCUT2D eigenvalue weighted by atomic mass is 15.0. The van der Waals surface area contributed by atoms with Crippen molar-refractivity contribution in [2.45, 2.75) is 6.92 Å². The van der Waals surface area contributed by atoms with Gasteiger partial charge in [-0.15, -0.1) is 0 Å². The van der Waals surface area contributed by atoms with Gasteiger partial charge in [-0.1, -0.05) is 145 Å². The number of benzene rings is 8. The molecule has 11 rings (SSSR count). The van der Waals surface area contributed by atoms with Gasteiger partial charge in [0.05, 0.1) is 33.5 Å². The summed E-state index contributed by atoms with van der Waals surface area (Å²) in [6.45, 7) is 2.17. The van der Waals surface area contributed by atoms with E-state index in [1.54, 1.807) is 0 Å². The van der Waals surface area contributed by atoms with Crippen LogP contribution in [0.1, 0.15) is 5.56 Å². The number of rotatable bonds is 6. The van der Waals surface area contributed by atoms with Gasteiger partial charge in [0, 0.05) is 49.6 Å². The zero-order valence-corrected chi connectivity index (χ0v) is 31.3. The molecule has 0 saturated heterocycles. The predicted octanol–water partition coefficient (Wildman–Crippen LogP) is 13.6. The topological polar surface area (TPSA) is 35.6 Å². The lowest BCUT2D eigenvalue weighted by Gasteiger charge is -2.12. The molecule has 3 aromatic heterocycles. The number of aromatic nitrogens is 4. The van der Waals surface area contributed by atoms with Crippen LogP contribution in [0.2, 0.25) is 0 Å². The van der Waals surface area contributed by atoms with E-state index in [4.69, 9.17) is 9.97 Å². The second-order valence-electron chi connectivity index (χ2n) is 14.7. The molecule has 4 heteroatoms. The fourth-order valence-electron chi connectivity index (χ4n) is 8.45. The molecule has 0 aliphatic rings. The van der Waals surface area contributed by atoms with E-state index in [2.05, 4.69) is 180 Å². The lowest BCUT2D eigenvalue weighted by atomic mass is 10.0. The fourth-order valence-corrected chi connectivity index (χ4v) is 8.45. The van der Waals surface area contributed by atoms with Crippen LogP contribution in [0.25, 0.3) is 100 Å². The van der Waals surface area contributed by atoms with Crippen molar-refractivity contribution in [1.29, 1.82) is 0 Å². The third-order valence-corrected chi connectivity index (χ3v) is 11.2. The Morgan fingerprint density at radius 1 is 0.316 bits per heavy atom. The normalized spacial score (nSPS) is 11.6. The Balaban J connectivity index is 0.954. The Bertz CT molecular complexity index is 3210. The lowest BCUT2D eigenvalue weighted by Crippen LogP contribution is -1.96. The van der Waals surface area contributed by atoms with Gasteiger partial charge in [0.1, 0.15) is 0 Å². The van der Waals surface area contributed by atoms with Gasteiger partial charge in [0.2, 0.25) is 0 Å². The van der Waals surface area contributed by atoms with Crippen molar-refractivity contribution in [1.82, 2.24) is 19.1 Å². The second-order valence-corrected chi connectivity index (χ2v) is 14.7. The van der Waals surface area contributed by atoms with Crippen LogP contribution in [0.5, 0.6) is 0 Å². The molecule has 0 aliphatic heterocycles. The minimum atomic E-state index is 0.717.